The molecule has 0 fully saturated rings. The lowest BCUT2D eigenvalue weighted by atomic mass is 9.66. The summed E-state index contributed by atoms with van der Waals surface area (Å²) < 4.78 is 13.5. The topological polar surface area (TPSA) is 21.7 Å². The number of benzene rings is 12. The third kappa shape index (κ3) is 6.20. The van der Waals surface area contributed by atoms with E-state index in [1.54, 1.807) is 0 Å². The lowest BCUT2D eigenvalue weighted by Gasteiger charge is -2.39. The number of ether oxygens (including phenoxy) is 2. The van der Waals surface area contributed by atoms with Crippen molar-refractivity contribution in [2.24, 2.45) is 0 Å². The fraction of sp³-hybridized carbons (Fsp3) is 0.0270. The Bertz CT molecular complexity index is 4270. The lowest BCUT2D eigenvalue weighted by Crippen LogP contribution is -2.32. The third-order valence-corrected chi connectivity index (χ3v) is 16.8. The van der Waals surface area contributed by atoms with Gasteiger partial charge in [-0.3, -0.25) is 0 Å². The van der Waals surface area contributed by atoms with E-state index in [4.69, 9.17) is 9.47 Å². The highest BCUT2D eigenvalue weighted by Gasteiger charge is 2.53. The summed E-state index contributed by atoms with van der Waals surface area (Å²) in [6.45, 7) is 0. The van der Waals surface area contributed by atoms with Crippen LogP contribution in [-0.2, 0) is 10.8 Å². The molecule has 0 amide bonds. The quantitative estimate of drug-likeness (QED) is 0.166. The van der Waals surface area contributed by atoms with Crippen LogP contribution in [0.2, 0.25) is 0 Å². The Morgan fingerprint density at radius 2 is 0.636 bits per heavy atom. The van der Waals surface area contributed by atoms with Crippen molar-refractivity contribution >= 4 is 17.1 Å². The molecule has 0 N–H and O–H groups in total. The Balaban J connectivity index is 0.904. The molecule has 2 heterocycles. The van der Waals surface area contributed by atoms with E-state index in [1.807, 2.05) is 0 Å². The molecule has 0 atom stereocenters. The average molecular weight is 982 g/mol. The Labute approximate surface area is 448 Å². The van der Waals surface area contributed by atoms with Crippen molar-refractivity contribution in [3.8, 4) is 78.6 Å². The van der Waals surface area contributed by atoms with E-state index in [0.717, 1.165) is 79.0 Å². The molecule has 16 rings (SSSR count). The van der Waals surface area contributed by atoms with E-state index in [1.165, 1.54) is 61.2 Å². The van der Waals surface area contributed by atoms with Gasteiger partial charge in [0.2, 0.25) is 0 Å². The Kier molecular flexibility index (Phi) is 9.47. The second kappa shape index (κ2) is 16.8. The maximum absolute atomic E-state index is 6.75. The van der Waals surface area contributed by atoms with Crippen molar-refractivity contribution in [1.29, 1.82) is 0 Å². The van der Waals surface area contributed by atoms with Gasteiger partial charge in [0.15, 0.2) is 0 Å². The smallest absolute Gasteiger partial charge is 0.132 e. The number of fused-ring (bicyclic) bond motifs is 18. The fourth-order valence-electron chi connectivity index (χ4n) is 13.7. The molecule has 12 aromatic rings. The van der Waals surface area contributed by atoms with E-state index < -0.39 is 10.8 Å². The summed E-state index contributed by atoms with van der Waals surface area (Å²) in [7, 11) is 0. The summed E-state index contributed by atoms with van der Waals surface area (Å²) >= 11 is 0. The number of hydrogen-bond donors (Lipinski definition) is 0. The van der Waals surface area contributed by atoms with Crippen LogP contribution in [0, 0.1) is 0 Å². The van der Waals surface area contributed by atoms with Gasteiger partial charge in [-0.1, -0.05) is 218 Å². The van der Waals surface area contributed by atoms with Crippen molar-refractivity contribution in [3.63, 3.8) is 0 Å². The van der Waals surface area contributed by atoms with E-state index in [0.29, 0.717) is 0 Å². The molecule has 12 aromatic carbocycles. The van der Waals surface area contributed by atoms with Crippen LogP contribution in [0.1, 0.15) is 44.5 Å². The summed E-state index contributed by atoms with van der Waals surface area (Å²) in [6.07, 6.45) is 0. The van der Waals surface area contributed by atoms with Crippen molar-refractivity contribution in [2.75, 3.05) is 4.90 Å². The highest BCUT2D eigenvalue weighted by atomic mass is 16.5. The molecule has 3 heteroatoms. The van der Waals surface area contributed by atoms with Gasteiger partial charge in [-0.2, -0.15) is 0 Å². The molecule has 0 saturated carbocycles. The second-order valence-electron chi connectivity index (χ2n) is 20.6. The molecule has 2 aliphatic carbocycles. The van der Waals surface area contributed by atoms with Crippen molar-refractivity contribution in [2.45, 2.75) is 10.8 Å². The van der Waals surface area contributed by atoms with Gasteiger partial charge in [-0.05, 0) is 139 Å². The number of nitrogens with zero attached hydrogens (tertiary/aromatic N) is 1. The number of para-hydroxylation sites is 4. The summed E-state index contributed by atoms with van der Waals surface area (Å²) in [4.78, 5) is 2.48. The molecule has 0 aromatic heterocycles. The average Bonchev–Trinajstić information content (AvgIpc) is 4.01. The van der Waals surface area contributed by atoms with Gasteiger partial charge in [0.25, 0.3) is 0 Å². The summed E-state index contributed by atoms with van der Waals surface area (Å²) in [5.74, 6) is 3.53. The molecule has 2 aliphatic heterocycles. The van der Waals surface area contributed by atoms with Crippen LogP contribution in [0.5, 0.6) is 23.0 Å². The van der Waals surface area contributed by atoms with Crippen LogP contribution in [-0.4, -0.2) is 0 Å². The zero-order chi connectivity index (χ0) is 50.7. The maximum atomic E-state index is 6.75. The highest BCUT2D eigenvalue weighted by molar-refractivity contribution is 5.99. The predicted molar refractivity (Wildman–Crippen MR) is 312 cm³/mol. The molecule has 3 nitrogen and oxygen atoms in total. The molecule has 0 saturated heterocycles. The van der Waals surface area contributed by atoms with Gasteiger partial charge >= 0.3 is 0 Å². The Morgan fingerprint density at radius 3 is 1.25 bits per heavy atom. The molecule has 360 valence electrons. The van der Waals surface area contributed by atoms with Crippen LogP contribution in [0.4, 0.5) is 17.1 Å². The molecule has 0 radical (unpaired) electrons. The first kappa shape index (κ1) is 43.4. The zero-order valence-electron chi connectivity index (χ0n) is 41.9. The molecule has 77 heavy (non-hydrogen) atoms. The minimum absolute atomic E-state index is 0.575. The first-order chi connectivity index (χ1) is 38.2. The normalized spacial score (nSPS) is 13.9. The highest BCUT2D eigenvalue weighted by Crippen LogP contribution is 2.65. The number of rotatable bonds is 6. The first-order valence-electron chi connectivity index (χ1n) is 26.6. The van der Waals surface area contributed by atoms with Crippen LogP contribution >= 0.6 is 0 Å². The summed E-state index contributed by atoms with van der Waals surface area (Å²) in [5.41, 5.74) is 23.5. The van der Waals surface area contributed by atoms with E-state index in [9.17, 15) is 0 Å². The minimum Gasteiger partial charge on any atom is -0.457 e. The van der Waals surface area contributed by atoms with Gasteiger partial charge in [-0.25, -0.2) is 0 Å². The lowest BCUT2D eigenvalue weighted by molar-refractivity contribution is 0.436. The molecular formula is C74H47NO2. The SMILES string of the molecule is c1ccc(-c2cccc(-c3ccc(N(c4cccc(-c5ccc6c(c5)C5(c7ccccc7Oc7ccccc75)c5ccccc5-6)c4)c4cccc5c4-c4ccccc4C54c5ccccc5Oc5ccccc54)cc3)c2)cc1. The van der Waals surface area contributed by atoms with Gasteiger partial charge in [0.05, 0.1) is 16.5 Å². The van der Waals surface area contributed by atoms with Crippen LogP contribution < -0.4 is 14.4 Å². The maximum Gasteiger partial charge on any atom is 0.132 e. The van der Waals surface area contributed by atoms with Crippen molar-refractivity contribution in [1.82, 2.24) is 0 Å². The van der Waals surface area contributed by atoms with Gasteiger partial charge < -0.3 is 14.4 Å². The van der Waals surface area contributed by atoms with E-state index >= 15 is 0 Å². The van der Waals surface area contributed by atoms with Gasteiger partial charge in [0, 0.05) is 39.2 Å². The van der Waals surface area contributed by atoms with Crippen LogP contribution in [0.25, 0.3) is 55.6 Å². The first-order valence-corrected chi connectivity index (χ1v) is 26.6. The Hall–Kier alpha value is -9.96. The summed E-state index contributed by atoms with van der Waals surface area (Å²) in [5, 5.41) is 0. The standard InChI is InChI=1S/C74H47NO2/c1-2-19-48(20-3-1)50-21-16-22-51(45-50)49-39-42-54(43-40-49)75(67-34-18-33-65-72(67)58-26-5-7-28-60(58)73(65)61-29-8-12-35-68(61)76-69-36-13-9-30-62(69)73)55-24-17-23-52(46-55)53-41-44-57-56-25-4-6-27-59(56)74(66(57)47-53)63-31-10-14-37-70(63)77-71-38-15-11-32-64(71)74/h1-47H. The van der Waals surface area contributed by atoms with Crippen LogP contribution in [0.3, 0.4) is 0 Å². The van der Waals surface area contributed by atoms with Crippen molar-refractivity contribution < 1.29 is 9.47 Å². The fourth-order valence-corrected chi connectivity index (χ4v) is 13.7. The monoisotopic (exact) mass is 981 g/mol. The molecule has 0 unspecified atom stereocenters. The second-order valence-corrected chi connectivity index (χ2v) is 20.6. The zero-order valence-corrected chi connectivity index (χ0v) is 41.9. The molecular weight excluding hydrogens is 935 g/mol. The molecule has 4 aliphatic rings. The predicted octanol–water partition coefficient (Wildman–Crippen LogP) is 19.1. The van der Waals surface area contributed by atoms with E-state index in [-0.39, 0.29) is 0 Å². The summed E-state index contributed by atoms with van der Waals surface area (Å²) in [6, 6.07) is 104. The van der Waals surface area contributed by atoms with E-state index in [2.05, 4.69) is 290 Å². The van der Waals surface area contributed by atoms with Gasteiger partial charge in [-0.15, -0.1) is 0 Å². The van der Waals surface area contributed by atoms with Crippen LogP contribution in [0.15, 0.2) is 285 Å². The van der Waals surface area contributed by atoms with Crippen molar-refractivity contribution in [3.05, 3.63) is 330 Å². The molecule has 0 bridgehead atoms. The Morgan fingerprint density at radius 1 is 0.234 bits per heavy atom. The third-order valence-electron chi connectivity index (χ3n) is 16.8. The number of hydrogen-bond acceptors (Lipinski definition) is 3. The minimum atomic E-state index is -0.617. The largest absolute Gasteiger partial charge is 0.457 e. The molecule has 2 spiro atoms. The van der Waals surface area contributed by atoms with Gasteiger partial charge in [0.1, 0.15) is 23.0 Å². The number of anilines is 3.